The largest absolute Gasteiger partial charge is 0.494 e. The summed E-state index contributed by atoms with van der Waals surface area (Å²) in [6.45, 7) is 0.494. The van der Waals surface area contributed by atoms with Crippen LogP contribution in [-0.2, 0) is 10.0 Å². The first-order valence-corrected chi connectivity index (χ1v) is 9.44. The zero-order valence-corrected chi connectivity index (χ0v) is 14.4. The Kier molecular flexibility index (Phi) is 4.88. The maximum Gasteiger partial charge on any atom is 0.243 e. The fourth-order valence-corrected chi connectivity index (χ4v) is 4.41. The van der Waals surface area contributed by atoms with Crippen LogP contribution in [0.25, 0.3) is 5.69 Å². The molecule has 0 bridgehead atoms. The van der Waals surface area contributed by atoms with E-state index in [4.69, 9.17) is 10.5 Å². The normalized spacial score (nSPS) is 21.1. The van der Waals surface area contributed by atoms with E-state index < -0.39 is 10.0 Å². The van der Waals surface area contributed by atoms with E-state index in [1.54, 1.807) is 13.2 Å². The Morgan fingerprint density at radius 3 is 2.92 bits per heavy atom. The Hall–Kier alpha value is -1.90. The van der Waals surface area contributed by atoms with Gasteiger partial charge in [-0.15, -0.1) is 0 Å². The zero-order valence-electron chi connectivity index (χ0n) is 13.6. The molecule has 1 aromatic heterocycles. The van der Waals surface area contributed by atoms with Gasteiger partial charge in [0.05, 0.1) is 19.5 Å². The smallest absolute Gasteiger partial charge is 0.243 e. The van der Waals surface area contributed by atoms with Crippen molar-refractivity contribution in [3.8, 4) is 11.4 Å². The highest BCUT2D eigenvalue weighted by atomic mass is 32.2. The van der Waals surface area contributed by atoms with Crippen molar-refractivity contribution in [2.45, 2.75) is 30.2 Å². The lowest BCUT2D eigenvalue weighted by Crippen LogP contribution is -2.39. The Morgan fingerprint density at radius 2 is 2.17 bits per heavy atom. The average Bonchev–Trinajstić information content (AvgIpc) is 3.23. The molecule has 1 aliphatic carbocycles. The Bertz CT molecular complexity index is 803. The molecule has 0 spiro atoms. The molecule has 3 N–H and O–H groups in total. The van der Waals surface area contributed by atoms with Gasteiger partial charge in [0.15, 0.2) is 0 Å². The summed E-state index contributed by atoms with van der Waals surface area (Å²) in [6, 6.07) is 7.20. The number of rotatable bonds is 6. The van der Waals surface area contributed by atoms with Crippen LogP contribution in [0.5, 0.6) is 5.75 Å². The number of hydrogen-bond acceptors (Lipinski definition) is 5. The Labute approximate surface area is 141 Å². The van der Waals surface area contributed by atoms with Gasteiger partial charge in [0.25, 0.3) is 0 Å². The molecule has 1 saturated carbocycles. The van der Waals surface area contributed by atoms with E-state index in [0.29, 0.717) is 18.0 Å². The first-order valence-electron chi connectivity index (χ1n) is 7.95. The topological polar surface area (TPSA) is 99.2 Å². The second kappa shape index (κ2) is 6.92. The molecule has 3 rings (SSSR count). The minimum atomic E-state index is -3.62. The van der Waals surface area contributed by atoms with Crippen molar-refractivity contribution in [1.82, 2.24) is 14.5 Å². The summed E-state index contributed by atoms with van der Waals surface area (Å²) in [4.78, 5) is 0.135. The van der Waals surface area contributed by atoms with Crippen LogP contribution < -0.4 is 15.2 Å². The number of benzene rings is 1. The number of methoxy groups -OCH3 is 1. The van der Waals surface area contributed by atoms with Crippen molar-refractivity contribution in [3.63, 3.8) is 0 Å². The van der Waals surface area contributed by atoms with Crippen LogP contribution in [0.15, 0.2) is 41.6 Å². The molecule has 0 aliphatic heterocycles. The number of nitrogens with two attached hydrogens (primary N) is 1. The number of nitrogens with one attached hydrogen (secondary N) is 1. The Morgan fingerprint density at radius 1 is 1.38 bits per heavy atom. The first kappa shape index (κ1) is 16.9. The molecule has 0 amide bonds. The lowest BCUT2D eigenvalue weighted by atomic mass is 10.1. The van der Waals surface area contributed by atoms with Gasteiger partial charge in [0.1, 0.15) is 16.3 Å². The molecule has 2 aromatic rings. The molecule has 2 atom stereocenters. The predicted octanol–water partition coefficient (Wildman–Crippen LogP) is 1.29. The van der Waals surface area contributed by atoms with E-state index in [-0.39, 0.29) is 16.9 Å². The summed E-state index contributed by atoms with van der Waals surface area (Å²) in [5.41, 5.74) is 6.41. The molecule has 8 heteroatoms. The maximum atomic E-state index is 12.6. The van der Waals surface area contributed by atoms with Gasteiger partial charge in [-0.3, -0.25) is 0 Å². The van der Waals surface area contributed by atoms with E-state index in [0.717, 1.165) is 19.3 Å². The van der Waals surface area contributed by atoms with Crippen molar-refractivity contribution >= 4 is 10.0 Å². The summed E-state index contributed by atoms with van der Waals surface area (Å²) >= 11 is 0. The fourth-order valence-electron chi connectivity index (χ4n) is 3.14. The van der Waals surface area contributed by atoms with Gasteiger partial charge in [0, 0.05) is 6.04 Å². The van der Waals surface area contributed by atoms with Crippen LogP contribution in [0.4, 0.5) is 0 Å². The predicted molar refractivity (Wildman–Crippen MR) is 90.6 cm³/mol. The number of aromatic nitrogens is 2. The van der Waals surface area contributed by atoms with Crippen molar-refractivity contribution in [3.05, 3.63) is 36.7 Å². The van der Waals surface area contributed by atoms with Crippen LogP contribution in [0, 0.1) is 5.92 Å². The third-order valence-corrected chi connectivity index (χ3v) is 5.91. The van der Waals surface area contributed by atoms with Crippen molar-refractivity contribution in [2.75, 3.05) is 13.7 Å². The minimum absolute atomic E-state index is 0.102. The van der Waals surface area contributed by atoms with E-state index in [9.17, 15) is 8.42 Å². The molecular formula is C16H22N4O3S. The molecule has 2 unspecified atom stereocenters. The third-order valence-electron chi connectivity index (χ3n) is 4.47. The molecule has 1 aromatic carbocycles. The first-order chi connectivity index (χ1) is 11.5. The SMILES string of the molecule is COc1ccccc1-n1cc(S(=O)(=O)NC2CCCC2CN)cn1. The number of para-hydroxylation sites is 2. The van der Waals surface area contributed by atoms with E-state index in [1.165, 1.54) is 17.1 Å². The molecule has 7 nitrogen and oxygen atoms in total. The maximum absolute atomic E-state index is 12.6. The molecule has 130 valence electrons. The van der Waals surface area contributed by atoms with Gasteiger partial charge in [-0.2, -0.15) is 5.10 Å². The van der Waals surface area contributed by atoms with E-state index in [2.05, 4.69) is 9.82 Å². The van der Waals surface area contributed by atoms with Crippen LogP contribution in [-0.4, -0.2) is 37.9 Å². The Balaban J connectivity index is 1.84. The zero-order chi connectivity index (χ0) is 17.2. The fraction of sp³-hybridized carbons (Fsp3) is 0.438. The number of nitrogens with zero attached hydrogens (tertiary/aromatic N) is 2. The highest BCUT2D eigenvalue weighted by molar-refractivity contribution is 7.89. The molecule has 1 fully saturated rings. The summed E-state index contributed by atoms with van der Waals surface area (Å²) in [5, 5.41) is 4.17. The van der Waals surface area contributed by atoms with E-state index >= 15 is 0 Å². The van der Waals surface area contributed by atoms with E-state index in [1.807, 2.05) is 18.2 Å². The molecule has 24 heavy (non-hydrogen) atoms. The monoisotopic (exact) mass is 350 g/mol. The van der Waals surface area contributed by atoms with Crippen LogP contribution in [0.1, 0.15) is 19.3 Å². The lowest BCUT2D eigenvalue weighted by molar-refractivity contribution is 0.411. The second-order valence-corrected chi connectivity index (χ2v) is 7.66. The average molecular weight is 350 g/mol. The molecular weight excluding hydrogens is 328 g/mol. The number of ether oxygens (including phenoxy) is 1. The van der Waals surface area contributed by atoms with Crippen LogP contribution >= 0.6 is 0 Å². The van der Waals surface area contributed by atoms with Gasteiger partial charge >= 0.3 is 0 Å². The number of hydrogen-bond donors (Lipinski definition) is 2. The molecule has 1 aliphatic rings. The van der Waals surface area contributed by atoms with Crippen molar-refractivity contribution in [2.24, 2.45) is 11.7 Å². The number of sulfonamides is 1. The molecule has 0 saturated heterocycles. The second-order valence-electron chi connectivity index (χ2n) is 5.95. The summed E-state index contributed by atoms with van der Waals surface area (Å²) in [7, 11) is -2.06. The standard InChI is InChI=1S/C16H22N4O3S/c1-23-16-8-3-2-7-15(16)20-11-13(10-18-20)24(21,22)19-14-6-4-5-12(14)9-17/h2-3,7-8,10-12,14,19H,4-6,9,17H2,1H3. The third kappa shape index (κ3) is 3.31. The quantitative estimate of drug-likeness (QED) is 0.818. The summed E-state index contributed by atoms with van der Waals surface area (Å²) < 4.78 is 34.8. The minimum Gasteiger partial charge on any atom is -0.494 e. The van der Waals surface area contributed by atoms with Gasteiger partial charge in [-0.25, -0.2) is 17.8 Å². The highest BCUT2D eigenvalue weighted by Gasteiger charge is 2.31. The van der Waals surface area contributed by atoms with Gasteiger partial charge < -0.3 is 10.5 Å². The summed E-state index contributed by atoms with van der Waals surface area (Å²) in [6.07, 6.45) is 5.62. The summed E-state index contributed by atoms with van der Waals surface area (Å²) in [5.74, 6) is 0.820. The highest BCUT2D eigenvalue weighted by Crippen LogP contribution is 2.27. The van der Waals surface area contributed by atoms with Gasteiger partial charge in [-0.05, 0) is 37.4 Å². The molecule has 0 radical (unpaired) electrons. The molecule has 1 heterocycles. The van der Waals surface area contributed by atoms with Crippen molar-refractivity contribution in [1.29, 1.82) is 0 Å². The van der Waals surface area contributed by atoms with Crippen molar-refractivity contribution < 1.29 is 13.2 Å². The van der Waals surface area contributed by atoms with Gasteiger partial charge in [-0.1, -0.05) is 18.6 Å². The van der Waals surface area contributed by atoms with Gasteiger partial charge in [0.2, 0.25) is 10.0 Å². The van der Waals surface area contributed by atoms with Crippen LogP contribution in [0.2, 0.25) is 0 Å². The lowest BCUT2D eigenvalue weighted by Gasteiger charge is -2.18. The van der Waals surface area contributed by atoms with Crippen LogP contribution in [0.3, 0.4) is 0 Å².